The highest BCUT2D eigenvalue weighted by molar-refractivity contribution is 5.82. The third kappa shape index (κ3) is 4.82. The first kappa shape index (κ1) is 18.8. The molecule has 0 fully saturated rings. The second-order valence-electron chi connectivity index (χ2n) is 5.97. The van der Waals surface area contributed by atoms with E-state index in [1.54, 1.807) is 41.1 Å². The van der Waals surface area contributed by atoms with Crippen LogP contribution in [0.15, 0.2) is 72.0 Å². The molecule has 3 aromatic rings. The predicted molar refractivity (Wildman–Crippen MR) is 105 cm³/mol. The zero-order valence-electron chi connectivity index (χ0n) is 15.1. The molecule has 0 radical (unpaired) electrons. The Morgan fingerprint density at radius 2 is 1.89 bits per heavy atom. The minimum atomic E-state index is -0.448. The molecule has 1 N–H and O–H groups in total. The molecule has 2 aromatic carbocycles. The second kappa shape index (κ2) is 8.63. The van der Waals surface area contributed by atoms with Crippen LogP contribution in [-0.2, 0) is 4.79 Å². The van der Waals surface area contributed by atoms with Crippen LogP contribution in [0.4, 0.5) is 5.69 Å². The summed E-state index contributed by atoms with van der Waals surface area (Å²) in [6, 6.07) is 17.2. The number of non-ortho nitro benzene ring substituents is 1. The van der Waals surface area contributed by atoms with E-state index in [9.17, 15) is 14.9 Å². The van der Waals surface area contributed by atoms with Crippen LogP contribution in [-0.4, -0.2) is 28.2 Å². The Bertz CT molecular complexity index is 992. The number of aromatic nitrogens is 1. The summed E-state index contributed by atoms with van der Waals surface area (Å²) in [7, 11) is 0. The molecule has 28 heavy (non-hydrogen) atoms. The molecule has 0 aliphatic carbocycles. The van der Waals surface area contributed by atoms with Gasteiger partial charge in [0.1, 0.15) is 5.75 Å². The highest BCUT2D eigenvalue weighted by atomic mass is 16.6. The van der Waals surface area contributed by atoms with E-state index < -0.39 is 4.92 Å². The first-order valence-corrected chi connectivity index (χ1v) is 8.46. The van der Waals surface area contributed by atoms with E-state index in [2.05, 4.69) is 10.5 Å². The number of hydrogen-bond acceptors (Lipinski definition) is 5. The molecule has 0 aliphatic rings. The molecule has 142 valence electrons. The number of hydrogen-bond donors (Lipinski definition) is 1. The zero-order valence-corrected chi connectivity index (χ0v) is 15.1. The molecule has 0 spiro atoms. The van der Waals surface area contributed by atoms with Gasteiger partial charge in [0.05, 0.1) is 16.8 Å². The summed E-state index contributed by atoms with van der Waals surface area (Å²) in [6.07, 6.45) is 3.29. The first-order valence-electron chi connectivity index (χ1n) is 8.46. The van der Waals surface area contributed by atoms with E-state index in [1.807, 2.05) is 25.1 Å². The Morgan fingerprint density at radius 1 is 1.18 bits per heavy atom. The quantitative estimate of drug-likeness (QED) is 0.388. The number of amides is 1. The van der Waals surface area contributed by atoms with E-state index in [-0.39, 0.29) is 18.2 Å². The molecule has 0 aliphatic heterocycles. The standard InChI is InChI=1S/C20H18N4O4/c1-15-4-10-19(11-5-15)28-14-20(25)22-21-13-18-3-2-12-23(18)16-6-8-17(9-7-16)24(26)27/h2-13H,14H2,1H3,(H,22,25)/b21-13+. The van der Waals surface area contributed by atoms with Gasteiger partial charge in [-0.05, 0) is 43.3 Å². The molecule has 0 atom stereocenters. The van der Waals surface area contributed by atoms with E-state index >= 15 is 0 Å². The number of nitrogens with one attached hydrogen (secondary N) is 1. The topological polar surface area (TPSA) is 98.8 Å². The number of ether oxygens (including phenoxy) is 1. The number of carbonyl (C=O) groups excluding carboxylic acids is 1. The van der Waals surface area contributed by atoms with Crippen molar-refractivity contribution in [3.63, 3.8) is 0 Å². The molecule has 8 nitrogen and oxygen atoms in total. The van der Waals surface area contributed by atoms with Crippen molar-refractivity contribution in [3.05, 3.63) is 88.2 Å². The summed E-state index contributed by atoms with van der Waals surface area (Å²) in [5.74, 6) is 0.224. The van der Waals surface area contributed by atoms with Crippen LogP contribution in [0.1, 0.15) is 11.3 Å². The summed E-state index contributed by atoms with van der Waals surface area (Å²) in [5.41, 5.74) is 4.98. The number of aryl methyl sites for hydroxylation is 1. The van der Waals surface area contributed by atoms with Gasteiger partial charge in [0.15, 0.2) is 6.61 Å². The maximum atomic E-state index is 11.8. The maximum Gasteiger partial charge on any atom is 0.277 e. The number of nitro benzene ring substituents is 1. The number of hydrazone groups is 1. The highest BCUT2D eigenvalue weighted by Gasteiger charge is 2.07. The second-order valence-corrected chi connectivity index (χ2v) is 5.97. The Hall–Kier alpha value is -3.94. The molecule has 3 rings (SSSR count). The summed E-state index contributed by atoms with van der Waals surface area (Å²) < 4.78 is 7.18. The molecule has 1 heterocycles. The third-order valence-electron chi connectivity index (χ3n) is 3.90. The molecular formula is C20H18N4O4. The fraction of sp³-hybridized carbons (Fsp3) is 0.100. The first-order chi connectivity index (χ1) is 13.5. The molecule has 8 heteroatoms. The Kier molecular flexibility index (Phi) is 5.81. The SMILES string of the molecule is Cc1ccc(OCC(=O)N/N=C/c2cccn2-c2ccc([N+](=O)[O-])cc2)cc1. The van der Waals surface area contributed by atoms with E-state index in [0.717, 1.165) is 11.3 Å². The summed E-state index contributed by atoms with van der Waals surface area (Å²) in [6.45, 7) is 1.82. The van der Waals surface area contributed by atoms with Crippen molar-refractivity contribution in [1.82, 2.24) is 9.99 Å². The van der Waals surface area contributed by atoms with Gasteiger partial charge in [0.2, 0.25) is 0 Å². The van der Waals surface area contributed by atoms with Crippen LogP contribution in [0.3, 0.4) is 0 Å². The van der Waals surface area contributed by atoms with Crippen LogP contribution in [0.2, 0.25) is 0 Å². The van der Waals surface area contributed by atoms with Gasteiger partial charge < -0.3 is 9.30 Å². The van der Waals surface area contributed by atoms with Crippen molar-refractivity contribution >= 4 is 17.8 Å². The van der Waals surface area contributed by atoms with Crippen molar-refractivity contribution in [3.8, 4) is 11.4 Å². The lowest BCUT2D eigenvalue weighted by atomic mass is 10.2. The van der Waals surface area contributed by atoms with Crippen molar-refractivity contribution in [2.75, 3.05) is 6.61 Å². The van der Waals surface area contributed by atoms with Gasteiger partial charge in [-0.1, -0.05) is 17.7 Å². The van der Waals surface area contributed by atoms with Gasteiger partial charge in [0, 0.05) is 24.0 Å². The lowest BCUT2D eigenvalue weighted by Crippen LogP contribution is -2.24. The summed E-state index contributed by atoms with van der Waals surface area (Å²) >= 11 is 0. The molecular weight excluding hydrogens is 360 g/mol. The lowest BCUT2D eigenvalue weighted by Gasteiger charge is -2.06. The summed E-state index contributed by atoms with van der Waals surface area (Å²) in [5, 5.41) is 14.7. The van der Waals surface area contributed by atoms with Gasteiger partial charge in [-0.2, -0.15) is 5.10 Å². The largest absolute Gasteiger partial charge is 0.484 e. The minimum Gasteiger partial charge on any atom is -0.484 e. The monoisotopic (exact) mass is 378 g/mol. The fourth-order valence-electron chi connectivity index (χ4n) is 2.46. The van der Waals surface area contributed by atoms with Crippen LogP contribution < -0.4 is 10.2 Å². The van der Waals surface area contributed by atoms with Crippen LogP contribution in [0.25, 0.3) is 5.69 Å². The predicted octanol–water partition coefficient (Wildman–Crippen LogP) is 3.22. The van der Waals surface area contributed by atoms with Crippen molar-refractivity contribution in [2.45, 2.75) is 6.92 Å². The molecule has 0 bridgehead atoms. The van der Waals surface area contributed by atoms with Gasteiger partial charge in [0.25, 0.3) is 11.6 Å². The Balaban J connectivity index is 1.57. The van der Waals surface area contributed by atoms with Gasteiger partial charge in [-0.15, -0.1) is 0 Å². The molecule has 0 unspecified atom stereocenters. The van der Waals surface area contributed by atoms with Crippen LogP contribution in [0, 0.1) is 17.0 Å². The molecule has 1 amide bonds. The number of nitrogens with zero attached hydrogens (tertiary/aromatic N) is 3. The van der Waals surface area contributed by atoms with E-state index in [0.29, 0.717) is 11.4 Å². The zero-order chi connectivity index (χ0) is 19.9. The normalized spacial score (nSPS) is 10.8. The number of benzene rings is 2. The fourth-order valence-corrected chi connectivity index (χ4v) is 2.46. The van der Waals surface area contributed by atoms with E-state index in [4.69, 9.17) is 4.74 Å². The maximum absolute atomic E-state index is 11.8. The number of carbonyl (C=O) groups is 1. The van der Waals surface area contributed by atoms with Gasteiger partial charge in [-0.25, -0.2) is 5.43 Å². The average Bonchev–Trinajstić information content (AvgIpc) is 3.16. The van der Waals surface area contributed by atoms with Gasteiger partial charge >= 0.3 is 0 Å². The lowest BCUT2D eigenvalue weighted by molar-refractivity contribution is -0.384. The third-order valence-corrected chi connectivity index (χ3v) is 3.90. The Morgan fingerprint density at radius 3 is 2.57 bits per heavy atom. The highest BCUT2D eigenvalue weighted by Crippen LogP contribution is 2.17. The van der Waals surface area contributed by atoms with Crippen molar-refractivity contribution in [1.29, 1.82) is 0 Å². The van der Waals surface area contributed by atoms with Gasteiger partial charge in [-0.3, -0.25) is 14.9 Å². The smallest absolute Gasteiger partial charge is 0.277 e. The summed E-state index contributed by atoms with van der Waals surface area (Å²) in [4.78, 5) is 22.2. The van der Waals surface area contributed by atoms with Crippen LogP contribution >= 0.6 is 0 Å². The number of rotatable bonds is 7. The molecule has 0 saturated carbocycles. The van der Waals surface area contributed by atoms with E-state index in [1.165, 1.54) is 18.3 Å². The number of nitro groups is 1. The Labute approximate surface area is 161 Å². The molecule has 1 aromatic heterocycles. The molecule has 0 saturated heterocycles. The minimum absolute atomic E-state index is 0.0203. The average molecular weight is 378 g/mol. The van der Waals surface area contributed by atoms with Crippen molar-refractivity contribution < 1.29 is 14.5 Å². The van der Waals surface area contributed by atoms with Crippen LogP contribution in [0.5, 0.6) is 5.75 Å². The van der Waals surface area contributed by atoms with Crippen molar-refractivity contribution in [2.24, 2.45) is 5.10 Å².